The molecule has 0 radical (unpaired) electrons. The minimum Gasteiger partial charge on any atom is -0.481 e. The molecule has 3 rings (SSSR count). The van der Waals surface area contributed by atoms with Crippen molar-refractivity contribution in [1.82, 2.24) is 14.7 Å². The molecule has 0 saturated carbocycles. The molecule has 0 aliphatic carbocycles. The van der Waals surface area contributed by atoms with Gasteiger partial charge in [0.2, 0.25) is 5.91 Å². The van der Waals surface area contributed by atoms with E-state index in [1.54, 1.807) is 33.8 Å². The lowest BCUT2D eigenvalue weighted by atomic mass is 10.1. The Hall–Kier alpha value is -2.93. The van der Waals surface area contributed by atoms with Gasteiger partial charge in [-0.05, 0) is 43.3 Å². The molecular formula is C20H19ClFN3O3. The number of nitrogens with zero attached hydrogens (tertiary/aromatic N) is 3. The Morgan fingerprint density at radius 3 is 2.64 bits per heavy atom. The van der Waals surface area contributed by atoms with Crippen LogP contribution in [0.25, 0.3) is 16.6 Å². The van der Waals surface area contributed by atoms with Gasteiger partial charge in [0, 0.05) is 36.0 Å². The molecule has 0 aliphatic rings. The average Bonchev–Trinajstić information content (AvgIpc) is 2.96. The second kappa shape index (κ2) is 7.98. The topological polar surface area (TPSA) is 75.4 Å². The predicted octanol–water partition coefficient (Wildman–Crippen LogP) is 3.81. The summed E-state index contributed by atoms with van der Waals surface area (Å²) in [6, 6.07) is 9.30. The molecule has 0 atom stereocenters. The lowest BCUT2D eigenvalue weighted by Crippen LogP contribution is -2.28. The van der Waals surface area contributed by atoms with Crippen LogP contribution in [0.2, 0.25) is 5.02 Å². The second-order valence-corrected chi connectivity index (χ2v) is 6.83. The minimum atomic E-state index is -1.01. The summed E-state index contributed by atoms with van der Waals surface area (Å²) in [5.74, 6) is -1.56. The van der Waals surface area contributed by atoms with Gasteiger partial charge in [0.1, 0.15) is 5.82 Å². The molecule has 6 nitrogen and oxygen atoms in total. The summed E-state index contributed by atoms with van der Waals surface area (Å²) >= 11 is 6.14. The Balaban J connectivity index is 2.20. The van der Waals surface area contributed by atoms with E-state index in [1.807, 2.05) is 6.92 Å². The van der Waals surface area contributed by atoms with Crippen molar-refractivity contribution in [3.63, 3.8) is 0 Å². The number of halogens is 2. The van der Waals surface area contributed by atoms with Crippen molar-refractivity contribution >= 4 is 34.4 Å². The van der Waals surface area contributed by atoms with Crippen LogP contribution in [0.4, 0.5) is 4.39 Å². The van der Waals surface area contributed by atoms with Gasteiger partial charge in [0.05, 0.1) is 23.3 Å². The molecule has 146 valence electrons. The van der Waals surface area contributed by atoms with Crippen molar-refractivity contribution in [2.24, 2.45) is 0 Å². The zero-order chi connectivity index (χ0) is 20.4. The number of hydrogen-bond acceptors (Lipinski definition) is 3. The van der Waals surface area contributed by atoms with Gasteiger partial charge in [-0.2, -0.15) is 5.10 Å². The smallest absolute Gasteiger partial charge is 0.309 e. The van der Waals surface area contributed by atoms with Crippen LogP contribution in [0, 0.1) is 5.82 Å². The zero-order valence-corrected chi connectivity index (χ0v) is 16.2. The SMILES string of the molecule is CCN(Cc1cc(F)ccc1-n1nc(CC(=O)O)c2ccc(Cl)cc21)C(C)=O. The van der Waals surface area contributed by atoms with Crippen molar-refractivity contribution in [1.29, 1.82) is 0 Å². The van der Waals surface area contributed by atoms with Gasteiger partial charge in [-0.1, -0.05) is 11.6 Å². The van der Waals surface area contributed by atoms with Gasteiger partial charge < -0.3 is 10.0 Å². The maximum absolute atomic E-state index is 13.9. The molecule has 1 aromatic heterocycles. The van der Waals surface area contributed by atoms with E-state index in [4.69, 9.17) is 11.6 Å². The standard InChI is InChI=1S/C20H19ClFN3O3/c1-3-24(12(2)26)11-13-8-15(22)5-7-18(13)25-19-9-14(21)4-6-16(19)17(23-25)10-20(27)28/h4-9H,3,10-11H2,1-2H3,(H,27,28). The fourth-order valence-corrected chi connectivity index (χ4v) is 3.32. The monoisotopic (exact) mass is 403 g/mol. The fraction of sp³-hybridized carbons (Fsp3) is 0.250. The third-order valence-electron chi connectivity index (χ3n) is 4.50. The van der Waals surface area contributed by atoms with E-state index in [1.165, 1.54) is 19.1 Å². The van der Waals surface area contributed by atoms with Crippen LogP contribution in [-0.4, -0.2) is 38.2 Å². The highest BCUT2D eigenvalue weighted by Gasteiger charge is 2.18. The largest absolute Gasteiger partial charge is 0.481 e. The van der Waals surface area contributed by atoms with Crippen LogP contribution in [0.3, 0.4) is 0 Å². The van der Waals surface area contributed by atoms with Crippen LogP contribution >= 0.6 is 11.6 Å². The minimum absolute atomic E-state index is 0.127. The summed E-state index contributed by atoms with van der Waals surface area (Å²) < 4.78 is 15.5. The number of fused-ring (bicyclic) bond motifs is 1. The quantitative estimate of drug-likeness (QED) is 0.679. The lowest BCUT2D eigenvalue weighted by molar-refractivity contribution is -0.136. The molecule has 8 heteroatoms. The highest BCUT2D eigenvalue weighted by atomic mass is 35.5. The van der Waals surface area contributed by atoms with Gasteiger partial charge in [-0.15, -0.1) is 0 Å². The first-order chi connectivity index (χ1) is 13.3. The number of carbonyl (C=O) groups excluding carboxylic acids is 1. The van der Waals surface area contributed by atoms with E-state index in [2.05, 4.69) is 5.10 Å². The van der Waals surface area contributed by atoms with Gasteiger partial charge in [0.15, 0.2) is 0 Å². The number of aliphatic carboxylic acids is 1. The van der Waals surface area contributed by atoms with E-state index >= 15 is 0 Å². The van der Waals surface area contributed by atoms with Crippen LogP contribution in [0.5, 0.6) is 0 Å². The van der Waals surface area contributed by atoms with Crippen molar-refractivity contribution in [3.8, 4) is 5.69 Å². The Kier molecular flexibility index (Phi) is 5.65. The highest BCUT2D eigenvalue weighted by Crippen LogP contribution is 2.28. The second-order valence-electron chi connectivity index (χ2n) is 6.40. The highest BCUT2D eigenvalue weighted by molar-refractivity contribution is 6.31. The summed E-state index contributed by atoms with van der Waals surface area (Å²) in [5.41, 5.74) is 2.11. The molecule has 1 heterocycles. The summed E-state index contributed by atoms with van der Waals surface area (Å²) in [4.78, 5) is 24.6. The van der Waals surface area contributed by atoms with Crippen LogP contribution < -0.4 is 0 Å². The number of rotatable bonds is 6. The molecule has 2 aromatic carbocycles. The number of hydrogen-bond donors (Lipinski definition) is 1. The van der Waals surface area contributed by atoms with Crippen LogP contribution in [0.15, 0.2) is 36.4 Å². The third kappa shape index (κ3) is 3.99. The first-order valence-corrected chi connectivity index (χ1v) is 9.11. The molecule has 1 amide bonds. The molecule has 1 N–H and O–H groups in total. The van der Waals surface area contributed by atoms with E-state index in [0.717, 1.165) is 0 Å². The van der Waals surface area contributed by atoms with Gasteiger partial charge >= 0.3 is 5.97 Å². The number of carbonyl (C=O) groups is 2. The number of carboxylic acids is 1. The molecule has 0 saturated heterocycles. The zero-order valence-electron chi connectivity index (χ0n) is 15.4. The maximum atomic E-state index is 13.9. The summed E-state index contributed by atoms with van der Waals surface area (Å²) in [7, 11) is 0. The Labute approximate surface area is 166 Å². The molecule has 28 heavy (non-hydrogen) atoms. The first kappa shape index (κ1) is 19.8. The van der Waals surface area contributed by atoms with Crippen LogP contribution in [-0.2, 0) is 22.6 Å². The van der Waals surface area contributed by atoms with E-state index in [-0.39, 0.29) is 18.9 Å². The lowest BCUT2D eigenvalue weighted by Gasteiger charge is -2.21. The van der Waals surface area contributed by atoms with Gasteiger partial charge in [-0.25, -0.2) is 9.07 Å². The number of benzene rings is 2. The molecule has 0 unspecified atom stereocenters. The van der Waals surface area contributed by atoms with Crippen molar-refractivity contribution in [2.75, 3.05) is 6.54 Å². The summed E-state index contributed by atoms with van der Waals surface area (Å²) in [5, 5.41) is 14.8. The normalized spacial score (nSPS) is 11.0. The van der Waals surface area contributed by atoms with Gasteiger partial charge in [0.25, 0.3) is 0 Å². The van der Waals surface area contributed by atoms with Crippen molar-refractivity contribution in [3.05, 3.63) is 58.5 Å². The molecule has 0 bridgehead atoms. The number of amides is 1. The number of aromatic nitrogens is 2. The number of carboxylic acid groups (broad SMARTS) is 1. The van der Waals surface area contributed by atoms with Crippen molar-refractivity contribution in [2.45, 2.75) is 26.8 Å². The fourth-order valence-electron chi connectivity index (χ4n) is 3.15. The Morgan fingerprint density at radius 2 is 2.00 bits per heavy atom. The van der Waals surface area contributed by atoms with Crippen molar-refractivity contribution < 1.29 is 19.1 Å². The molecular weight excluding hydrogens is 385 g/mol. The Morgan fingerprint density at radius 1 is 1.25 bits per heavy atom. The molecule has 0 spiro atoms. The third-order valence-corrected chi connectivity index (χ3v) is 4.73. The molecule has 0 fully saturated rings. The van der Waals surface area contributed by atoms with E-state index in [0.29, 0.717) is 39.4 Å². The van der Waals surface area contributed by atoms with Gasteiger partial charge in [-0.3, -0.25) is 9.59 Å². The maximum Gasteiger partial charge on any atom is 0.309 e. The first-order valence-electron chi connectivity index (χ1n) is 8.73. The summed E-state index contributed by atoms with van der Waals surface area (Å²) in [6.45, 7) is 3.97. The van der Waals surface area contributed by atoms with E-state index < -0.39 is 11.8 Å². The Bertz CT molecular complexity index is 1060. The average molecular weight is 404 g/mol. The molecule has 3 aromatic rings. The summed E-state index contributed by atoms with van der Waals surface area (Å²) in [6.07, 6.45) is -0.254. The van der Waals surface area contributed by atoms with Crippen LogP contribution in [0.1, 0.15) is 25.1 Å². The predicted molar refractivity (Wildman–Crippen MR) is 104 cm³/mol. The van der Waals surface area contributed by atoms with E-state index in [9.17, 15) is 19.1 Å². The molecule has 0 aliphatic heterocycles.